The van der Waals surface area contributed by atoms with E-state index >= 15 is 0 Å². The normalized spacial score (nSPS) is 21.7. The van der Waals surface area contributed by atoms with E-state index in [4.69, 9.17) is 37.4 Å². The van der Waals surface area contributed by atoms with Gasteiger partial charge in [0.05, 0.1) is 20.3 Å². The van der Waals surface area contributed by atoms with Gasteiger partial charge in [0.1, 0.15) is 5.92 Å². The number of methoxy groups -OCH3 is 2. The van der Waals surface area contributed by atoms with Crippen LogP contribution in [0.15, 0.2) is 59.9 Å². The summed E-state index contributed by atoms with van der Waals surface area (Å²) in [6, 6.07) is 10.8. The van der Waals surface area contributed by atoms with Gasteiger partial charge in [-0.25, -0.2) is 0 Å². The number of esters is 1. The molecule has 2 aliphatic rings. The first-order valence-electron chi connectivity index (χ1n) is 11.7. The highest BCUT2D eigenvalue weighted by atomic mass is 35.5. The molecule has 2 aromatic rings. The molecule has 6 nitrogen and oxygen atoms in total. The van der Waals surface area contributed by atoms with Crippen LogP contribution in [-0.4, -0.2) is 32.1 Å². The maximum absolute atomic E-state index is 13.7. The number of Topliss-reactive ketones (excluding diaryl/α,β-unsaturated/α-hetero) is 1. The Morgan fingerprint density at radius 3 is 2.42 bits per heavy atom. The number of hydrogen-bond acceptors (Lipinski definition) is 6. The largest absolute Gasteiger partial charge is 0.493 e. The molecule has 0 fully saturated rings. The van der Waals surface area contributed by atoms with E-state index in [0.29, 0.717) is 44.8 Å². The number of carbonyl (C=O) groups excluding carboxylic acids is 2. The first kappa shape index (κ1) is 26.1. The van der Waals surface area contributed by atoms with Crippen molar-refractivity contribution < 1.29 is 23.8 Å². The lowest BCUT2D eigenvalue weighted by Crippen LogP contribution is -2.42. The molecule has 3 atom stereocenters. The van der Waals surface area contributed by atoms with Gasteiger partial charge in [-0.2, -0.15) is 0 Å². The lowest BCUT2D eigenvalue weighted by Gasteiger charge is -2.40. The number of halogens is 2. The molecule has 1 N–H and O–H groups in total. The Balaban J connectivity index is 1.80. The van der Waals surface area contributed by atoms with Crippen LogP contribution in [0.1, 0.15) is 49.7 Å². The van der Waals surface area contributed by atoms with Gasteiger partial charge < -0.3 is 19.5 Å². The fraction of sp³-hybridized carbons (Fsp3) is 0.357. The maximum Gasteiger partial charge on any atom is 0.316 e. The fourth-order valence-corrected chi connectivity index (χ4v) is 5.59. The first-order chi connectivity index (χ1) is 17.1. The van der Waals surface area contributed by atoms with E-state index in [0.717, 1.165) is 11.3 Å². The van der Waals surface area contributed by atoms with E-state index in [1.807, 2.05) is 18.2 Å². The number of carbonyl (C=O) groups is 2. The molecule has 1 aliphatic heterocycles. The van der Waals surface area contributed by atoms with Crippen molar-refractivity contribution in [1.82, 2.24) is 5.32 Å². The molecular weight excluding hydrogens is 501 g/mol. The minimum atomic E-state index is -0.814. The van der Waals surface area contributed by atoms with E-state index in [-0.39, 0.29) is 24.2 Å². The topological polar surface area (TPSA) is 73.9 Å². The minimum absolute atomic E-state index is 0.0607. The average molecular weight is 530 g/mol. The summed E-state index contributed by atoms with van der Waals surface area (Å²) in [7, 11) is 3.16. The summed E-state index contributed by atoms with van der Waals surface area (Å²) in [6.07, 6.45) is 0.512. The van der Waals surface area contributed by atoms with Gasteiger partial charge in [0, 0.05) is 39.4 Å². The third kappa shape index (κ3) is 4.97. The molecule has 0 amide bonds. The molecule has 1 aliphatic carbocycles. The van der Waals surface area contributed by atoms with Crippen LogP contribution in [0.2, 0.25) is 10.0 Å². The van der Waals surface area contributed by atoms with Crippen LogP contribution in [0.25, 0.3) is 0 Å². The van der Waals surface area contributed by atoms with Crippen LogP contribution in [-0.2, 0) is 14.3 Å². The molecule has 4 rings (SSSR count). The van der Waals surface area contributed by atoms with Crippen molar-refractivity contribution in [1.29, 1.82) is 0 Å². The third-order valence-electron chi connectivity index (χ3n) is 6.62. The van der Waals surface area contributed by atoms with Gasteiger partial charge in [-0.3, -0.25) is 9.59 Å². The van der Waals surface area contributed by atoms with Crippen LogP contribution >= 0.6 is 23.2 Å². The molecule has 190 valence electrons. The second-order valence-corrected chi connectivity index (χ2v) is 10.1. The summed E-state index contributed by atoms with van der Waals surface area (Å²) in [5.74, 6) is -0.830. The first-order valence-corrected chi connectivity index (χ1v) is 12.5. The van der Waals surface area contributed by atoms with Gasteiger partial charge in [-0.1, -0.05) is 41.9 Å². The number of hydrogen-bond donors (Lipinski definition) is 1. The Bertz CT molecular complexity index is 1250. The van der Waals surface area contributed by atoms with Crippen molar-refractivity contribution in [2.24, 2.45) is 5.92 Å². The second kappa shape index (κ2) is 10.6. The van der Waals surface area contributed by atoms with Gasteiger partial charge in [0.15, 0.2) is 17.3 Å². The highest BCUT2D eigenvalue weighted by molar-refractivity contribution is 6.35. The Kier molecular flexibility index (Phi) is 7.67. The fourth-order valence-electron chi connectivity index (χ4n) is 5.06. The second-order valence-electron chi connectivity index (χ2n) is 9.29. The summed E-state index contributed by atoms with van der Waals surface area (Å²) >= 11 is 12.8. The molecule has 2 aromatic carbocycles. The number of rotatable bonds is 6. The van der Waals surface area contributed by atoms with Crippen molar-refractivity contribution in [3.8, 4) is 11.5 Å². The Morgan fingerprint density at radius 1 is 1.06 bits per heavy atom. The molecule has 0 aromatic heterocycles. The van der Waals surface area contributed by atoms with Crippen molar-refractivity contribution in [3.05, 3.63) is 81.1 Å². The summed E-state index contributed by atoms with van der Waals surface area (Å²) in [5.41, 5.74) is 3.34. The van der Waals surface area contributed by atoms with Crippen LogP contribution in [0.4, 0.5) is 0 Å². The number of allylic oxidation sites excluding steroid dienone is 2. The molecule has 3 unspecified atom stereocenters. The number of benzene rings is 2. The van der Waals surface area contributed by atoms with Crippen LogP contribution < -0.4 is 14.8 Å². The Morgan fingerprint density at radius 2 is 1.78 bits per heavy atom. The number of nitrogens with one attached hydrogen (secondary N) is 1. The molecule has 0 radical (unpaired) electrons. The predicted molar refractivity (Wildman–Crippen MR) is 140 cm³/mol. The molecule has 0 saturated heterocycles. The lowest BCUT2D eigenvalue weighted by atomic mass is 9.69. The number of ketones is 1. The van der Waals surface area contributed by atoms with Gasteiger partial charge in [0.2, 0.25) is 0 Å². The van der Waals surface area contributed by atoms with Gasteiger partial charge in [0.25, 0.3) is 0 Å². The average Bonchev–Trinajstić information content (AvgIpc) is 2.82. The molecular formula is C28H29Cl2NO5. The Labute approximate surface area is 221 Å². The van der Waals surface area contributed by atoms with Crippen LogP contribution in [0.5, 0.6) is 11.5 Å². The monoisotopic (exact) mass is 529 g/mol. The van der Waals surface area contributed by atoms with Crippen LogP contribution in [0.3, 0.4) is 0 Å². The van der Waals surface area contributed by atoms with E-state index in [1.165, 1.54) is 0 Å². The lowest BCUT2D eigenvalue weighted by molar-refractivity contribution is -0.151. The van der Waals surface area contributed by atoms with E-state index in [1.54, 1.807) is 46.3 Å². The van der Waals surface area contributed by atoms with E-state index in [9.17, 15) is 9.59 Å². The molecule has 0 bridgehead atoms. The van der Waals surface area contributed by atoms with Crippen molar-refractivity contribution in [2.45, 2.75) is 44.6 Å². The zero-order valence-electron chi connectivity index (χ0n) is 20.7. The standard InChI is InChI=1S/C28H29Cl2NO5/c1-14(2)36-28(33)25-15(3)31-21-10-17(16-6-9-23(34-4)24(12-16)35-5)11-22(32)27(21)26(25)19-8-7-18(29)13-20(19)30/h6-9,12-14,17,25-26,31H,3,10-11H2,1-2,4-5H3. The van der Waals surface area contributed by atoms with Crippen LogP contribution in [0, 0.1) is 5.92 Å². The summed E-state index contributed by atoms with van der Waals surface area (Å²) in [5, 5.41) is 4.12. The van der Waals surface area contributed by atoms with Gasteiger partial charge in [-0.05, 0) is 61.6 Å². The van der Waals surface area contributed by atoms with E-state index < -0.39 is 17.8 Å². The molecule has 0 spiro atoms. The zero-order chi connectivity index (χ0) is 26.1. The zero-order valence-corrected chi connectivity index (χ0v) is 22.2. The quantitative estimate of drug-likeness (QED) is 0.450. The van der Waals surface area contributed by atoms with Crippen molar-refractivity contribution in [2.75, 3.05) is 14.2 Å². The molecule has 8 heteroatoms. The molecule has 36 heavy (non-hydrogen) atoms. The Hall–Kier alpha value is -2.96. The SMILES string of the molecule is C=C1NC2=C(C(=O)CC(c3ccc(OC)c(OC)c3)C2)C(c2ccc(Cl)cc2Cl)C1C(=O)OC(C)C. The minimum Gasteiger partial charge on any atom is -0.493 e. The van der Waals surface area contributed by atoms with Crippen molar-refractivity contribution in [3.63, 3.8) is 0 Å². The van der Waals surface area contributed by atoms with E-state index in [2.05, 4.69) is 11.9 Å². The highest BCUT2D eigenvalue weighted by Gasteiger charge is 2.46. The summed E-state index contributed by atoms with van der Waals surface area (Å²) in [4.78, 5) is 27.0. The van der Waals surface area contributed by atoms with Gasteiger partial charge >= 0.3 is 5.97 Å². The summed E-state index contributed by atoms with van der Waals surface area (Å²) < 4.78 is 16.4. The predicted octanol–water partition coefficient (Wildman–Crippen LogP) is 6.18. The maximum atomic E-state index is 13.7. The smallest absolute Gasteiger partial charge is 0.316 e. The molecule has 0 saturated carbocycles. The number of ether oxygens (including phenoxy) is 3. The molecule has 1 heterocycles. The highest BCUT2D eigenvalue weighted by Crippen LogP contribution is 2.49. The third-order valence-corrected chi connectivity index (χ3v) is 7.18. The van der Waals surface area contributed by atoms with Crippen molar-refractivity contribution >= 4 is 35.0 Å². The van der Waals surface area contributed by atoms with Gasteiger partial charge in [-0.15, -0.1) is 0 Å². The summed E-state index contributed by atoms with van der Waals surface area (Å²) in [6.45, 7) is 7.71.